The molecule has 1 heterocycles. The van der Waals surface area contributed by atoms with E-state index in [9.17, 15) is 4.79 Å². The molecule has 1 amide bonds. The third kappa shape index (κ3) is 1.99. The number of nitrogens with zero attached hydrogens (tertiary/aromatic N) is 1. The number of carbonyl (C=O) groups is 1. The van der Waals surface area contributed by atoms with E-state index < -0.39 is 9.75 Å². The molecule has 1 aliphatic heterocycles. The SMILES string of the molecule is CC1(C(=O)N2CCCCCC2)CC1(Cl)Cl. The first-order chi connectivity index (χ1) is 6.97. The van der Waals surface area contributed by atoms with Crippen LogP contribution in [-0.2, 0) is 4.79 Å². The van der Waals surface area contributed by atoms with Crippen LogP contribution in [0.5, 0.6) is 0 Å². The van der Waals surface area contributed by atoms with Crippen molar-refractivity contribution >= 4 is 29.1 Å². The zero-order chi connectivity index (χ0) is 11.1. The molecule has 1 aliphatic carbocycles. The zero-order valence-electron chi connectivity index (χ0n) is 9.06. The molecule has 1 atom stereocenters. The van der Waals surface area contributed by atoms with Crippen molar-refractivity contribution in [2.75, 3.05) is 13.1 Å². The maximum Gasteiger partial charge on any atom is 0.231 e. The Kier molecular flexibility index (Phi) is 2.93. The molecule has 0 aromatic carbocycles. The molecule has 15 heavy (non-hydrogen) atoms. The van der Waals surface area contributed by atoms with Crippen molar-refractivity contribution in [2.45, 2.75) is 43.4 Å². The van der Waals surface area contributed by atoms with E-state index in [1.807, 2.05) is 11.8 Å². The van der Waals surface area contributed by atoms with Crippen LogP contribution in [0.2, 0.25) is 0 Å². The van der Waals surface area contributed by atoms with Gasteiger partial charge in [0, 0.05) is 13.1 Å². The predicted octanol–water partition coefficient (Wildman–Crippen LogP) is 2.97. The first-order valence-corrected chi connectivity index (χ1v) is 6.40. The van der Waals surface area contributed by atoms with Gasteiger partial charge in [0.05, 0.1) is 5.41 Å². The summed E-state index contributed by atoms with van der Waals surface area (Å²) < 4.78 is -0.823. The molecule has 86 valence electrons. The van der Waals surface area contributed by atoms with Gasteiger partial charge in [0.1, 0.15) is 4.33 Å². The molecular weight excluding hydrogens is 233 g/mol. The number of alkyl halides is 2. The maximum absolute atomic E-state index is 12.2. The Morgan fingerprint density at radius 2 is 1.60 bits per heavy atom. The van der Waals surface area contributed by atoms with Crippen LogP contribution in [0, 0.1) is 5.41 Å². The highest BCUT2D eigenvalue weighted by Gasteiger charge is 2.68. The molecule has 1 saturated carbocycles. The van der Waals surface area contributed by atoms with Crippen LogP contribution in [0.4, 0.5) is 0 Å². The molecule has 0 spiro atoms. The monoisotopic (exact) mass is 249 g/mol. The lowest BCUT2D eigenvalue weighted by Crippen LogP contribution is -2.38. The molecule has 0 bridgehead atoms. The van der Waals surface area contributed by atoms with Gasteiger partial charge in [-0.3, -0.25) is 4.79 Å². The fourth-order valence-corrected chi connectivity index (χ4v) is 2.95. The number of likely N-dealkylation sites (tertiary alicyclic amines) is 1. The summed E-state index contributed by atoms with van der Waals surface area (Å²) in [6.45, 7) is 3.62. The van der Waals surface area contributed by atoms with Gasteiger partial charge in [-0.15, -0.1) is 23.2 Å². The second kappa shape index (κ2) is 3.81. The third-order valence-electron chi connectivity index (χ3n) is 3.62. The minimum atomic E-state index is -0.823. The number of amides is 1. The third-order valence-corrected chi connectivity index (χ3v) is 4.72. The molecule has 2 nitrogen and oxygen atoms in total. The van der Waals surface area contributed by atoms with Crippen LogP contribution >= 0.6 is 23.2 Å². The van der Waals surface area contributed by atoms with Crippen LogP contribution in [0.15, 0.2) is 0 Å². The summed E-state index contributed by atoms with van der Waals surface area (Å²) in [6, 6.07) is 0. The van der Waals surface area contributed by atoms with Crippen molar-refractivity contribution in [3.05, 3.63) is 0 Å². The lowest BCUT2D eigenvalue weighted by molar-refractivity contribution is -0.136. The summed E-state index contributed by atoms with van der Waals surface area (Å²) in [4.78, 5) is 14.2. The molecule has 1 unspecified atom stereocenters. The minimum absolute atomic E-state index is 0.148. The van der Waals surface area contributed by atoms with Crippen molar-refractivity contribution in [2.24, 2.45) is 5.41 Å². The molecule has 2 aliphatic rings. The van der Waals surface area contributed by atoms with E-state index in [4.69, 9.17) is 23.2 Å². The second-order valence-corrected chi connectivity index (χ2v) is 6.40. The highest BCUT2D eigenvalue weighted by Crippen LogP contribution is 2.64. The number of hydrogen-bond donors (Lipinski definition) is 0. The Balaban J connectivity index is 2.01. The van der Waals surface area contributed by atoms with Gasteiger partial charge >= 0.3 is 0 Å². The average molecular weight is 250 g/mol. The number of halogens is 2. The van der Waals surface area contributed by atoms with Crippen LogP contribution in [-0.4, -0.2) is 28.2 Å². The van der Waals surface area contributed by atoms with Gasteiger partial charge in [-0.1, -0.05) is 12.8 Å². The summed E-state index contributed by atoms with van der Waals surface area (Å²) >= 11 is 12.0. The molecular formula is C11H17Cl2NO. The van der Waals surface area contributed by atoms with Crippen LogP contribution in [0.1, 0.15) is 39.0 Å². The summed E-state index contributed by atoms with van der Waals surface area (Å²) in [5.74, 6) is 0.148. The van der Waals surface area contributed by atoms with Crippen molar-refractivity contribution < 1.29 is 4.79 Å². The summed E-state index contributed by atoms with van der Waals surface area (Å²) in [7, 11) is 0. The van der Waals surface area contributed by atoms with Crippen molar-refractivity contribution in [1.82, 2.24) is 4.90 Å². The Bertz CT molecular complexity index is 272. The van der Waals surface area contributed by atoms with E-state index >= 15 is 0 Å². The summed E-state index contributed by atoms with van der Waals surface area (Å²) in [5.41, 5.74) is -0.527. The quantitative estimate of drug-likeness (QED) is 0.655. The van der Waals surface area contributed by atoms with Crippen LogP contribution in [0.25, 0.3) is 0 Å². The fourth-order valence-electron chi connectivity index (χ4n) is 2.25. The maximum atomic E-state index is 12.2. The molecule has 0 aromatic heterocycles. The van der Waals surface area contributed by atoms with Crippen LogP contribution in [0.3, 0.4) is 0 Å². The topological polar surface area (TPSA) is 20.3 Å². The lowest BCUT2D eigenvalue weighted by atomic mass is 10.1. The number of carbonyl (C=O) groups excluding carboxylic acids is 1. The highest BCUT2D eigenvalue weighted by atomic mass is 35.5. The average Bonchev–Trinajstić information content (AvgIpc) is 2.79. The minimum Gasteiger partial charge on any atom is -0.342 e. The van der Waals surface area contributed by atoms with E-state index in [0.717, 1.165) is 25.9 Å². The Hall–Kier alpha value is 0.0500. The Morgan fingerprint density at radius 1 is 1.13 bits per heavy atom. The summed E-state index contributed by atoms with van der Waals surface area (Å²) in [5, 5.41) is 0. The van der Waals surface area contributed by atoms with Gasteiger partial charge in [-0.25, -0.2) is 0 Å². The number of rotatable bonds is 1. The first kappa shape index (κ1) is 11.5. The number of hydrogen-bond acceptors (Lipinski definition) is 1. The largest absolute Gasteiger partial charge is 0.342 e. The second-order valence-electron chi connectivity index (χ2n) is 4.92. The molecule has 2 rings (SSSR count). The molecule has 0 N–H and O–H groups in total. The van der Waals surface area contributed by atoms with Crippen molar-refractivity contribution in [1.29, 1.82) is 0 Å². The predicted molar refractivity (Wildman–Crippen MR) is 62.2 cm³/mol. The highest BCUT2D eigenvalue weighted by molar-refractivity contribution is 6.53. The molecule has 2 fully saturated rings. The zero-order valence-corrected chi connectivity index (χ0v) is 10.6. The van der Waals surface area contributed by atoms with Gasteiger partial charge in [0.15, 0.2) is 0 Å². The van der Waals surface area contributed by atoms with E-state index in [1.54, 1.807) is 0 Å². The lowest BCUT2D eigenvalue weighted by Gasteiger charge is -2.24. The molecule has 0 aromatic rings. The Morgan fingerprint density at radius 3 is 2.00 bits per heavy atom. The van der Waals surface area contributed by atoms with Gasteiger partial charge in [0.2, 0.25) is 5.91 Å². The van der Waals surface area contributed by atoms with Crippen molar-refractivity contribution in [3.8, 4) is 0 Å². The van der Waals surface area contributed by atoms with Gasteiger partial charge in [-0.2, -0.15) is 0 Å². The van der Waals surface area contributed by atoms with Gasteiger partial charge in [0.25, 0.3) is 0 Å². The van der Waals surface area contributed by atoms with E-state index in [0.29, 0.717) is 6.42 Å². The fraction of sp³-hybridized carbons (Fsp3) is 0.909. The smallest absolute Gasteiger partial charge is 0.231 e. The standard InChI is InChI=1S/C11H17Cl2NO/c1-10(8-11(10,12)13)9(15)14-6-4-2-3-5-7-14/h2-8H2,1H3. The molecule has 1 saturated heterocycles. The van der Waals surface area contributed by atoms with Crippen molar-refractivity contribution in [3.63, 3.8) is 0 Å². The molecule has 4 heteroatoms. The Labute approximate surface area is 101 Å². The normalized spacial score (nSPS) is 34.7. The van der Waals surface area contributed by atoms with E-state index in [1.165, 1.54) is 12.8 Å². The van der Waals surface area contributed by atoms with E-state index in [-0.39, 0.29) is 5.91 Å². The van der Waals surface area contributed by atoms with Gasteiger partial charge < -0.3 is 4.90 Å². The van der Waals surface area contributed by atoms with E-state index in [2.05, 4.69) is 0 Å². The summed E-state index contributed by atoms with van der Waals surface area (Å²) in [6.07, 6.45) is 5.28. The first-order valence-electron chi connectivity index (χ1n) is 5.65. The van der Waals surface area contributed by atoms with Gasteiger partial charge in [-0.05, 0) is 26.2 Å². The molecule has 0 radical (unpaired) electrons. The van der Waals surface area contributed by atoms with Crippen LogP contribution < -0.4 is 0 Å².